The van der Waals surface area contributed by atoms with E-state index in [2.05, 4.69) is 11.0 Å². The molecule has 2 aliphatic heterocycles. The molecule has 0 saturated carbocycles. The van der Waals surface area contributed by atoms with Gasteiger partial charge in [0.2, 0.25) is 0 Å². The van der Waals surface area contributed by atoms with E-state index in [-0.39, 0.29) is 23.4 Å². The van der Waals surface area contributed by atoms with Crippen molar-refractivity contribution in [1.82, 2.24) is 4.90 Å². The number of nitro groups is 1. The van der Waals surface area contributed by atoms with Crippen LogP contribution in [0, 0.1) is 21.7 Å². The van der Waals surface area contributed by atoms with E-state index in [0.29, 0.717) is 0 Å². The van der Waals surface area contributed by atoms with Crippen molar-refractivity contribution < 1.29 is 13.7 Å². The second-order valence-electron chi connectivity index (χ2n) is 9.10. The normalized spacial score (nSPS) is 19.9. The molecular formula is C29H21F2N3O2S. The monoisotopic (exact) mass is 513 g/mol. The molecule has 5 nitrogen and oxygen atoms in total. The molecule has 0 saturated heterocycles. The molecule has 3 aromatic rings. The molecule has 1 unspecified atom stereocenters. The van der Waals surface area contributed by atoms with Crippen molar-refractivity contribution >= 4 is 34.4 Å². The highest BCUT2D eigenvalue weighted by Gasteiger charge is 2.40. The van der Waals surface area contributed by atoms with Gasteiger partial charge in [-0.2, -0.15) is 0 Å². The Morgan fingerprint density at radius 2 is 1.73 bits per heavy atom. The summed E-state index contributed by atoms with van der Waals surface area (Å²) in [5.74, 6) is -0.592. The maximum atomic E-state index is 13.9. The van der Waals surface area contributed by atoms with Gasteiger partial charge in [0.05, 0.1) is 22.4 Å². The summed E-state index contributed by atoms with van der Waals surface area (Å²) in [6, 6.07) is 19.2. The summed E-state index contributed by atoms with van der Waals surface area (Å²) in [4.78, 5) is 18.2. The van der Waals surface area contributed by atoms with Crippen molar-refractivity contribution in [2.75, 3.05) is 0 Å². The van der Waals surface area contributed by atoms with E-state index in [1.807, 2.05) is 11.5 Å². The van der Waals surface area contributed by atoms with Crippen LogP contribution in [0.4, 0.5) is 14.5 Å². The SMILES string of the molecule is O=[N+]([O-])c1cccc(C2=CSC3=NC4=C(CCCC4=Cc4ccc(F)cc4)C(c4ccc(F)cc4)N23)c1. The van der Waals surface area contributed by atoms with Gasteiger partial charge in [-0.15, -0.1) is 0 Å². The highest BCUT2D eigenvalue weighted by Crippen LogP contribution is 2.51. The molecule has 37 heavy (non-hydrogen) atoms. The quantitative estimate of drug-likeness (QED) is 0.263. The van der Waals surface area contributed by atoms with Crippen LogP contribution in [0.2, 0.25) is 0 Å². The topological polar surface area (TPSA) is 58.7 Å². The number of fused-ring (bicyclic) bond motifs is 1. The van der Waals surface area contributed by atoms with Gasteiger partial charge in [0.15, 0.2) is 5.17 Å². The van der Waals surface area contributed by atoms with Gasteiger partial charge in [-0.25, -0.2) is 13.8 Å². The summed E-state index contributed by atoms with van der Waals surface area (Å²) in [7, 11) is 0. The predicted molar refractivity (Wildman–Crippen MR) is 142 cm³/mol. The van der Waals surface area contributed by atoms with E-state index < -0.39 is 4.92 Å². The van der Waals surface area contributed by atoms with Crippen LogP contribution in [-0.4, -0.2) is 15.0 Å². The molecule has 2 heterocycles. The van der Waals surface area contributed by atoms with Crippen LogP contribution in [0.15, 0.2) is 100 Å². The first-order valence-electron chi connectivity index (χ1n) is 11.9. The summed E-state index contributed by atoms with van der Waals surface area (Å²) in [5, 5.41) is 14.2. The minimum absolute atomic E-state index is 0.0196. The standard InChI is InChI=1S/C29H21F2N3O2S/c30-22-11-7-18(8-12-22)15-21-4-2-6-25-27(21)32-29-33(28(25)19-9-13-23(31)14-10-19)26(17-37-29)20-3-1-5-24(16-20)34(35)36/h1,3,5,7-17,28H,2,4,6H2. The Morgan fingerprint density at radius 1 is 1.00 bits per heavy atom. The predicted octanol–water partition coefficient (Wildman–Crippen LogP) is 7.85. The zero-order valence-corrected chi connectivity index (χ0v) is 20.4. The molecule has 3 aliphatic rings. The van der Waals surface area contributed by atoms with Crippen LogP contribution < -0.4 is 0 Å². The third kappa shape index (κ3) is 4.38. The molecular weight excluding hydrogens is 492 g/mol. The lowest BCUT2D eigenvalue weighted by Gasteiger charge is -2.40. The van der Waals surface area contributed by atoms with Gasteiger partial charge < -0.3 is 4.90 Å². The first-order valence-corrected chi connectivity index (χ1v) is 12.8. The molecule has 0 spiro atoms. The first-order chi connectivity index (χ1) is 18.0. The Hall–Kier alpha value is -4.04. The average molecular weight is 514 g/mol. The maximum absolute atomic E-state index is 13.9. The van der Waals surface area contributed by atoms with Crippen molar-refractivity contribution in [2.45, 2.75) is 25.3 Å². The molecule has 0 fully saturated rings. The second-order valence-corrected chi connectivity index (χ2v) is 9.93. The third-order valence-electron chi connectivity index (χ3n) is 6.79. The summed E-state index contributed by atoms with van der Waals surface area (Å²) >= 11 is 1.47. The Kier molecular flexibility index (Phi) is 5.96. The van der Waals surface area contributed by atoms with Crippen molar-refractivity contribution in [3.05, 3.63) is 133 Å². The van der Waals surface area contributed by atoms with Crippen LogP contribution >= 0.6 is 11.8 Å². The molecule has 0 bridgehead atoms. The molecule has 6 rings (SSSR count). The van der Waals surface area contributed by atoms with Gasteiger partial charge in [0.25, 0.3) is 5.69 Å². The highest BCUT2D eigenvalue weighted by atomic mass is 32.2. The van der Waals surface area contributed by atoms with E-state index in [9.17, 15) is 18.9 Å². The van der Waals surface area contributed by atoms with Crippen LogP contribution in [0.25, 0.3) is 11.8 Å². The molecule has 1 aliphatic carbocycles. The number of hydrogen-bond donors (Lipinski definition) is 0. The fourth-order valence-electron chi connectivity index (χ4n) is 5.11. The van der Waals surface area contributed by atoms with Crippen LogP contribution in [-0.2, 0) is 0 Å². The summed E-state index contributed by atoms with van der Waals surface area (Å²) in [6.07, 6.45) is 4.65. The number of rotatable bonds is 4. The molecule has 0 amide bonds. The summed E-state index contributed by atoms with van der Waals surface area (Å²) in [6.45, 7) is 0. The minimum atomic E-state index is -0.400. The lowest BCUT2D eigenvalue weighted by atomic mass is 9.82. The number of thioether (sulfide) groups is 1. The van der Waals surface area contributed by atoms with Gasteiger partial charge in [0.1, 0.15) is 11.6 Å². The number of non-ortho nitro benzene ring substituents is 1. The molecule has 184 valence electrons. The zero-order chi connectivity index (χ0) is 25.5. The molecule has 1 atom stereocenters. The highest BCUT2D eigenvalue weighted by molar-refractivity contribution is 8.16. The lowest BCUT2D eigenvalue weighted by Crippen LogP contribution is -2.34. The lowest BCUT2D eigenvalue weighted by molar-refractivity contribution is -0.384. The van der Waals surface area contributed by atoms with Crippen molar-refractivity contribution in [3.8, 4) is 0 Å². The fourth-order valence-corrected chi connectivity index (χ4v) is 6.04. The Labute approximate surface area is 216 Å². The number of amidine groups is 1. The van der Waals surface area contributed by atoms with Gasteiger partial charge in [0, 0.05) is 23.1 Å². The molecule has 3 aromatic carbocycles. The minimum Gasteiger partial charge on any atom is -0.308 e. The van der Waals surface area contributed by atoms with E-state index >= 15 is 0 Å². The number of allylic oxidation sites excluding steroid dienone is 1. The Bertz CT molecular complexity index is 1530. The fraction of sp³-hybridized carbons (Fsp3) is 0.138. The van der Waals surface area contributed by atoms with Crippen molar-refractivity contribution in [1.29, 1.82) is 0 Å². The molecule has 0 radical (unpaired) electrons. The number of benzene rings is 3. The number of aliphatic imine (C=N–C) groups is 1. The molecule has 8 heteroatoms. The van der Waals surface area contributed by atoms with E-state index in [1.165, 1.54) is 42.1 Å². The third-order valence-corrected chi connectivity index (χ3v) is 7.63. The largest absolute Gasteiger partial charge is 0.308 e. The van der Waals surface area contributed by atoms with Crippen LogP contribution in [0.3, 0.4) is 0 Å². The van der Waals surface area contributed by atoms with Crippen molar-refractivity contribution in [3.63, 3.8) is 0 Å². The van der Waals surface area contributed by atoms with E-state index in [0.717, 1.165) is 63.7 Å². The smallest absolute Gasteiger partial charge is 0.270 e. The van der Waals surface area contributed by atoms with E-state index in [4.69, 9.17) is 4.99 Å². The number of nitrogens with zero attached hydrogens (tertiary/aromatic N) is 3. The van der Waals surface area contributed by atoms with Gasteiger partial charge in [-0.05, 0) is 71.9 Å². The van der Waals surface area contributed by atoms with Crippen molar-refractivity contribution in [2.24, 2.45) is 4.99 Å². The zero-order valence-electron chi connectivity index (χ0n) is 19.6. The number of hydrogen-bond acceptors (Lipinski definition) is 5. The first kappa shape index (κ1) is 23.4. The summed E-state index contributed by atoms with van der Waals surface area (Å²) in [5.41, 5.74) is 6.50. The Balaban J connectivity index is 1.48. The van der Waals surface area contributed by atoms with E-state index in [1.54, 1.807) is 36.4 Å². The van der Waals surface area contributed by atoms with Crippen LogP contribution in [0.1, 0.15) is 42.0 Å². The summed E-state index contributed by atoms with van der Waals surface area (Å²) < 4.78 is 27.3. The second kappa shape index (κ2) is 9.44. The Morgan fingerprint density at radius 3 is 2.46 bits per heavy atom. The van der Waals surface area contributed by atoms with Gasteiger partial charge >= 0.3 is 0 Å². The van der Waals surface area contributed by atoms with Gasteiger partial charge in [-0.3, -0.25) is 10.1 Å². The van der Waals surface area contributed by atoms with Crippen LogP contribution in [0.5, 0.6) is 0 Å². The van der Waals surface area contributed by atoms with Gasteiger partial charge in [-0.1, -0.05) is 48.2 Å². The average Bonchev–Trinajstić information content (AvgIpc) is 3.33. The molecule has 0 aromatic heterocycles. The number of halogens is 2. The molecule has 0 N–H and O–H groups in total. The number of nitro benzene ring substituents is 1. The maximum Gasteiger partial charge on any atom is 0.270 e.